The Morgan fingerprint density at radius 1 is 0.963 bits per heavy atom. The molecule has 1 N–H and O–H groups in total. The predicted molar refractivity (Wildman–Crippen MR) is 103 cm³/mol. The second kappa shape index (κ2) is 8.03. The molecule has 0 fully saturated rings. The molecule has 1 heterocycles. The van der Waals surface area contributed by atoms with Crippen LogP contribution in [0.2, 0.25) is 0 Å². The molecule has 0 saturated heterocycles. The smallest absolute Gasteiger partial charge is 0.224 e. The maximum atomic E-state index is 12.4. The van der Waals surface area contributed by atoms with Gasteiger partial charge >= 0.3 is 0 Å². The Morgan fingerprint density at radius 2 is 1.67 bits per heavy atom. The molecule has 3 aromatic rings. The van der Waals surface area contributed by atoms with E-state index in [9.17, 15) is 4.79 Å². The molecule has 2 aromatic carbocycles. The number of ether oxygens (including phenoxy) is 3. The van der Waals surface area contributed by atoms with Crippen LogP contribution in [0.1, 0.15) is 16.7 Å². The Balaban J connectivity index is 1.71. The lowest BCUT2D eigenvalue weighted by Gasteiger charge is -2.14. The molecule has 0 unspecified atom stereocenters. The molecule has 0 atom stereocenters. The molecule has 1 amide bonds. The van der Waals surface area contributed by atoms with Gasteiger partial charge in [-0.15, -0.1) is 0 Å². The number of hydrogen-bond acceptors (Lipinski definition) is 5. The molecule has 0 aliphatic heterocycles. The van der Waals surface area contributed by atoms with Crippen LogP contribution in [-0.4, -0.2) is 27.2 Å². The van der Waals surface area contributed by atoms with Crippen LogP contribution >= 0.6 is 0 Å². The van der Waals surface area contributed by atoms with Crippen molar-refractivity contribution in [1.29, 1.82) is 0 Å². The summed E-state index contributed by atoms with van der Waals surface area (Å²) in [6.45, 7) is 2.32. The van der Waals surface area contributed by atoms with Crippen molar-refractivity contribution in [2.24, 2.45) is 0 Å². The Kier molecular flexibility index (Phi) is 5.54. The van der Waals surface area contributed by atoms with Gasteiger partial charge in [0.25, 0.3) is 0 Å². The van der Waals surface area contributed by atoms with Gasteiger partial charge in [-0.25, -0.2) is 0 Å². The first-order chi connectivity index (χ1) is 13.0. The summed E-state index contributed by atoms with van der Waals surface area (Å²) in [5.41, 5.74) is 3.57. The first-order valence-electron chi connectivity index (χ1n) is 8.58. The molecule has 142 valence electrons. The van der Waals surface area contributed by atoms with Crippen LogP contribution in [-0.2, 0) is 17.8 Å². The van der Waals surface area contributed by atoms with Crippen LogP contribution in [0.5, 0.6) is 17.2 Å². The summed E-state index contributed by atoms with van der Waals surface area (Å²) >= 11 is 0. The number of hydrogen-bond donors (Lipinski definition) is 1. The van der Waals surface area contributed by atoms with E-state index in [1.165, 1.54) is 0 Å². The normalized spacial score (nSPS) is 10.7. The highest BCUT2D eigenvalue weighted by Crippen LogP contribution is 2.34. The van der Waals surface area contributed by atoms with Gasteiger partial charge in [0.15, 0.2) is 11.5 Å². The topological polar surface area (TPSA) is 69.9 Å². The van der Waals surface area contributed by atoms with Gasteiger partial charge in [0, 0.05) is 29.1 Å². The van der Waals surface area contributed by atoms with Crippen molar-refractivity contribution in [2.75, 3.05) is 21.3 Å². The molecule has 6 heteroatoms. The van der Waals surface area contributed by atoms with Crippen molar-refractivity contribution in [1.82, 2.24) is 5.32 Å². The number of carbonyl (C=O) groups excluding carboxylic acids is 1. The highest BCUT2D eigenvalue weighted by Gasteiger charge is 2.14. The fourth-order valence-corrected chi connectivity index (χ4v) is 2.99. The van der Waals surface area contributed by atoms with Gasteiger partial charge in [-0.05, 0) is 24.6 Å². The van der Waals surface area contributed by atoms with Crippen LogP contribution in [0.4, 0.5) is 0 Å². The summed E-state index contributed by atoms with van der Waals surface area (Å²) in [6, 6.07) is 9.49. The Labute approximate surface area is 158 Å². The fraction of sp³-hybridized carbons (Fsp3) is 0.286. The molecule has 0 radical (unpaired) electrons. The third kappa shape index (κ3) is 4.00. The SMILES string of the molecule is COc1cc(OC)c(OC)cc1CNC(=O)Cc1coc2cc(C)ccc12. The second-order valence-electron chi connectivity index (χ2n) is 6.23. The standard InChI is InChI=1S/C21H23NO5/c1-13-5-6-16-15(12-27-18(16)7-13)9-21(23)22-11-14-8-19(25-3)20(26-4)10-17(14)24-2/h5-8,10,12H,9,11H2,1-4H3,(H,22,23). The summed E-state index contributed by atoms with van der Waals surface area (Å²) < 4.78 is 21.5. The minimum atomic E-state index is -0.102. The van der Waals surface area contributed by atoms with Gasteiger partial charge in [-0.2, -0.15) is 0 Å². The van der Waals surface area contributed by atoms with Gasteiger partial charge in [-0.1, -0.05) is 12.1 Å². The zero-order valence-corrected chi connectivity index (χ0v) is 15.9. The van der Waals surface area contributed by atoms with E-state index in [4.69, 9.17) is 18.6 Å². The third-order valence-electron chi connectivity index (χ3n) is 4.42. The molecule has 6 nitrogen and oxygen atoms in total. The van der Waals surface area contributed by atoms with Crippen LogP contribution in [0.15, 0.2) is 41.0 Å². The Bertz CT molecular complexity index is 961. The summed E-state index contributed by atoms with van der Waals surface area (Å²) in [7, 11) is 4.71. The van der Waals surface area contributed by atoms with Crippen molar-refractivity contribution in [3.63, 3.8) is 0 Å². The number of aryl methyl sites for hydroxylation is 1. The first kappa shape index (κ1) is 18.6. The van der Waals surface area contributed by atoms with Crippen LogP contribution in [0, 0.1) is 6.92 Å². The van der Waals surface area contributed by atoms with Crippen LogP contribution < -0.4 is 19.5 Å². The number of amides is 1. The second-order valence-corrected chi connectivity index (χ2v) is 6.23. The summed E-state index contributed by atoms with van der Waals surface area (Å²) in [6.07, 6.45) is 1.88. The summed E-state index contributed by atoms with van der Waals surface area (Å²) in [5.74, 6) is 1.68. The number of benzene rings is 2. The molecule has 0 bridgehead atoms. The number of carbonyl (C=O) groups is 1. The largest absolute Gasteiger partial charge is 0.496 e. The Morgan fingerprint density at radius 3 is 2.37 bits per heavy atom. The van der Waals surface area contributed by atoms with Gasteiger partial charge < -0.3 is 23.9 Å². The van der Waals surface area contributed by atoms with Crippen molar-refractivity contribution in [2.45, 2.75) is 19.9 Å². The predicted octanol–water partition coefficient (Wildman–Crippen LogP) is 3.63. The van der Waals surface area contributed by atoms with E-state index in [1.54, 1.807) is 39.7 Å². The zero-order valence-electron chi connectivity index (χ0n) is 15.9. The molecule has 1 aromatic heterocycles. The molecule has 0 aliphatic rings. The van der Waals surface area contributed by atoms with E-state index in [0.717, 1.165) is 27.7 Å². The molecule has 0 saturated carbocycles. The van der Waals surface area contributed by atoms with Gasteiger partial charge in [-0.3, -0.25) is 4.79 Å². The van der Waals surface area contributed by atoms with Crippen molar-refractivity contribution in [3.05, 3.63) is 53.3 Å². The van der Waals surface area contributed by atoms with E-state index < -0.39 is 0 Å². The fourth-order valence-electron chi connectivity index (χ4n) is 2.99. The number of nitrogens with one attached hydrogen (secondary N) is 1. The zero-order chi connectivity index (χ0) is 19.4. The highest BCUT2D eigenvalue weighted by atomic mass is 16.5. The highest BCUT2D eigenvalue weighted by molar-refractivity contribution is 5.87. The molecule has 3 rings (SSSR count). The minimum Gasteiger partial charge on any atom is -0.496 e. The molecular weight excluding hydrogens is 346 g/mol. The number of methoxy groups -OCH3 is 3. The molecule has 0 spiro atoms. The lowest BCUT2D eigenvalue weighted by Crippen LogP contribution is -2.24. The van der Waals surface area contributed by atoms with Crippen LogP contribution in [0.3, 0.4) is 0 Å². The van der Waals surface area contributed by atoms with E-state index in [-0.39, 0.29) is 12.3 Å². The van der Waals surface area contributed by atoms with Crippen LogP contribution in [0.25, 0.3) is 11.0 Å². The van der Waals surface area contributed by atoms with E-state index >= 15 is 0 Å². The lowest BCUT2D eigenvalue weighted by atomic mass is 10.1. The average Bonchev–Trinajstić information content (AvgIpc) is 3.07. The van der Waals surface area contributed by atoms with Crippen molar-refractivity contribution in [3.8, 4) is 17.2 Å². The van der Waals surface area contributed by atoms with Gasteiger partial charge in [0.1, 0.15) is 11.3 Å². The number of fused-ring (bicyclic) bond motifs is 1. The maximum absolute atomic E-state index is 12.4. The third-order valence-corrected chi connectivity index (χ3v) is 4.42. The van der Waals surface area contributed by atoms with E-state index in [2.05, 4.69) is 5.32 Å². The molecule has 0 aliphatic carbocycles. The quantitative estimate of drug-likeness (QED) is 0.689. The number of furan rings is 1. The van der Waals surface area contributed by atoms with Crippen molar-refractivity contribution < 1.29 is 23.4 Å². The van der Waals surface area contributed by atoms with E-state index in [1.807, 2.05) is 25.1 Å². The molecule has 27 heavy (non-hydrogen) atoms. The monoisotopic (exact) mass is 369 g/mol. The average molecular weight is 369 g/mol. The summed E-state index contributed by atoms with van der Waals surface area (Å²) in [5, 5.41) is 3.88. The lowest BCUT2D eigenvalue weighted by molar-refractivity contribution is -0.120. The Hall–Kier alpha value is -3.15. The maximum Gasteiger partial charge on any atom is 0.224 e. The number of rotatable bonds is 7. The van der Waals surface area contributed by atoms with Crippen molar-refractivity contribution >= 4 is 16.9 Å². The summed E-state index contributed by atoms with van der Waals surface area (Å²) in [4.78, 5) is 12.4. The van der Waals surface area contributed by atoms with Gasteiger partial charge in [0.2, 0.25) is 5.91 Å². The minimum absolute atomic E-state index is 0.102. The first-order valence-corrected chi connectivity index (χ1v) is 8.58. The van der Waals surface area contributed by atoms with E-state index in [0.29, 0.717) is 23.8 Å². The molecular formula is C21H23NO5. The van der Waals surface area contributed by atoms with Gasteiger partial charge in [0.05, 0.1) is 34.0 Å².